The van der Waals surface area contributed by atoms with E-state index in [0.717, 1.165) is 61.4 Å². The number of ether oxygens (including phenoxy) is 1. The molecular formula is C69H55F3N6OPt. The first-order chi connectivity index (χ1) is 38.2. The summed E-state index contributed by atoms with van der Waals surface area (Å²) in [7, 11) is 0. The van der Waals surface area contributed by atoms with E-state index in [9.17, 15) is 13.2 Å². The van der Waals surface area contributed by atoms with Crippen LogP contribution in [-0.4, -0.2) is 35.2 Å². The molecule has 0 amide bonds. The Bertz CT molecular complexity index is 4210. The van der Waals surface area contributed by atoms with Crippen molar-refractivity contribution in [3.63, 3.8) is 0 Å². The molecule has 3 aromatic heterocycles. The number of fused-ring (bicyclic) bond motifs is 3. The van der Waals surface area contributed by atoms with Crippen LogP contribution < -0.4 is 4.74 Å². The van der Waals surface area contributed by atoms with Gasteiger partial charge in [0, 0.05) is 28.8 Å². The van der Waals surface area contributed by atoms with Gasteiger partial charge in [0.15, 0.2) is 0 Å². The van der Waals surface area contributed by atoms with Gasteiger partial charge in [0.05, 0.1) is 45.4 Å². The van der Waals surface area contributed by atoms with Gasteiger partial charge < -0.3 is 13.9 Å². The zero-order valence-corrected chi connectivity index (χ0v) is 47.4. The van der Waals surface area contributed by atoms with Gasteiger partial charge in [0.1, 0.15) is 6.33 Å². The minimum Gasteiger partial charge on any atom is -0.494 e. The predicted octanol–water partition coefficient (Wildman–Crippen LogP) is 18.6. The van der Waals surface area contributed by atoms with Crippen molar-refractivity contribution < 1.29 is 39.0 Å². The summed E-state index contributed by atoms with van der Waals surface area (Å²) in [4.78, 5) is 19.6. The number of rotatable bonds is 12. The second-order valence-electron chi connectivity index (χ2n) is 21.0. The first kappa shape index (κ1) is 53.5. The van der Waals surface area contributed by atoms with Crippen molar-refractivity contribution in [1.82, 2.24) is 29.1 Å². The fraction of sp³-hybridized carbons (Fsp3) is 0.159. The summed E-state index contributed by atoms with van der Waals surface area (Å²) in [5.41, 5.74) is 17.5. The van der Waals surface area contributed by atoms with Gasteiger partial charge in [0.2, 0.25) is 0 Å². The van der Waals surface area contributed by atoms with Crippen LogP contribution in [0.5, 0.6) is 11.5 Å². The van der Waals surface area contributed by atoms with Crippen molar-refractivity contribution in [2.24, 2.45) is 0 Å². The van der Waals surface area contributed by atoms with Gasteiger partial charge in [-0.15, -0.1) is 35.4 Å². The van der Waals surface area contributed by atoms with Crippen LogP contribution in [0.3, 0.4) is 0 Å². The summed E-state index contributed by atoms with van der Waals surface area (Å²) in [5.74, 6) is 0.504. The molecule has 12 rings (SSSR count). The smallest absolute Gasteiger partial charge is 0.494 e. The number of halogens is 3. The maximum absolute atomic E-state index is 14.4. The maximum atomic E-state index is 14.4. The van der Waals surface area contributed by atoms with Gasteiger partial charge >= 0.3 is 27.2 Å². The van der Waals surface area contributed by atoms with Crippen LogP contribution in [0.2, 0.25) is 0 Å². The van der Waals surface area contributed by atoms with Crippen LogP contribution in [-0.2, 0) is 21.1 Å². The van der Waals surface area contributed by atoms with E-state index in [4.69, 9.17) is 19.7 Å². The third-order valence-corrected chi connectivity index (χ3v) is 15.0. The zero-order valence-electron chi connectivity index (χ0n) is 45.2. The van der Waals surface area contributed by atoms with Gasteiger partial charge in [0.25, 0.3) is 0 Å². The van der Waals surface area contributed by atoms with E-state index < -0.39 is 12.1 Å². The fourth-order valence-electron chi connectivity index (χ4n) is 10.9. The summed E-state index contributed by atoms with van der Waals surface area (Å²) in [6.07, 6.45) is -1.28. The molecule has 0 aliphatic heterocycles. The molecule has 0 spiro atoms. The molecule has 0 saturated heterocycles. The predicted molar refractivity (Wildman–Crippen MR) is 312 cm³/mol. The van der Waals surface area contributed by atoms with E-state index in [1.807, 2.05) is 85.1 Å². The number of nitrogens with zero attached hydrogens (tertiary/aromatic N) is 6. The normalized spacial score (nSPS) is 12.2. The van der Waals surface area contributed by atoms with Crippen LogP contribution in [0, 0.1) is 26.0 Å². The molecule has 12 aromatic rings. The van der Waals surface area contributed by atoms with Crippen LogP contribution in [0.25, 0.3) is 101 Å². The first-order valence-electron chi connectivity index (χ1n) is 26.6. The molecule has 1 atom stereocenters. The van der Waals surface area contributed by atoms with Crippen LogP contribution in [0.1, 0.15) is 80.2 Å². The van der Waals surface area contributed by atoms with Crippen molar-refractivity contribution >= 4 is 33.0 Å². The Morgan fingerprint density at radius 3 is 1.70 bits per heavy atom. The van der Waals surface area contributed by atoms with Crippen molar-refractivity contribution in [1.29, 1.82) is 0 Å². The summed E-state index contributed by atoms with van der Waals surface area (Å²) in [5, 5.41) is 0.651. The number of alkyl halides is 3. The molecule has 7 nitrogen and oxygen atoms in total. The number of hydrogen-bond acceptors (Lipinski definition) is 5. The molecule has 398 valence electrons. The van der Waals surface area contributed by atoms with Gasteiger partial charge in [-0.25, -0.2) is 4.98 Å². The van der Waals surface area contributed by atoms with Crippen LogP contribution >= 0.6 is 0 Å². The standard InChI is InChI=1S/C69H55F3N6O.Pt/c1-41(2)57-35-53(47-19-12-9-13-20-47)36-58(42(3)4)66(57)77-61-24-15-14-23-59(61)75-67(77)51-21-16-22-56(34-51)79-63-38-54(33-55-39-73-40-74-64(55)63)68-76-60-30-29-50(45(7)69(70,71)72)37-62(60)78(68)65-43(5)31-52(32-44(65)6)49-27-25-48(26-28-49)46-17-10-8-11-18-46;/h8-33,35-37,39-42,45H,1-7H3;/q-2;+2. The quantitative estimate of drug-likeness (QED) is 0.114. The molecule has 0 aliphatic rings. The Kier molecular flexibility index (Phi) is 14.5. The molecule has 0 fully saturated rings. The molecule has 3 heterocycles. The second-order valence-corrected chi connectivity index (χ2v) is 21.0. The summed E-state index contributed by atoms with van der Waals surface area (Å²) < 4.78 is 54.4. The van der Waals surface area contributed by atoms with Gasteiger partial charge in [-0.05, 0) is 142 Å². The maximum Gasteiger partial charge on any atom is 2.00 e. The number of para-hydroxylation sites is 2. The van der Waals surface area contributed by atoms with E-state index in [1.165, 1.54) is 36.0 Å². The zero-order chi connectivity index (χ0) is 54.7. The number of hydrogen-bond donors (Lipinski definition) is 0. The second kappa shape index (κ2) is 21.6. The third kappa shape index (κ3) is 10.0. The number of imidazole rings is 2. The van der Waals surface area contributed by atoms with E-state index in [1.54, 1.807) is 18.3 Å². The monoisotopic (exact) mass is 1240 g/mol. The molecule has 80 heavy (non-hydrogen) atoms. The molecule has 9 aromatic carbocycles. The fourth-order valence-corrected chi connectivity index (χ4v) is 10.9. The molecular weight excluding hydrogens is 1180 g/mol. The topological polar surface area (TPSA) is 70.7 Å². The Balaban J connectivity index is 0.00000675. The Morgan fingerprint density at radius 2 is 1.06 bits per heavy atom. The van der Waals surface area contributed by atoms with Gasteiger partial charge in [-0.2, -0.15) is 13.2 Å². The molecule has 1 unspecified atom stereocenters. The Hall–Kier alpha value is -8.46. The third-order valence-electron chi connectivity index (χ3n) is 15.0. The van der Waals surface area contributed by atoms with Gasteiger partial charge in [-0.3, -0.25) is 15.0 Å². The van der Waals surface area contributed by atoms with E-state index in [-0.39, 0.29) is 38.5 Å². The largest absolute Gasteiger partial charge is 2.00 e. The average Bonchev–Trinajstić information content (AvgIpc) is 4.13. The Labute approximate surface area is 478 Å². The summed E-state index contributed by atoms with van der Waals surface area (Å²) >= 11 is 0. The number of aryl methyl sites for hydroxylation is 2. The number of aromatic nitrogens is 6. The number of benzene rings is 9. The minimum absolute atomic E-state index is 0. The Morgan fingerprint density at radius 1 is 0.512 bits per heavy atom. The molecule has 11 heteroatoms. The molecule has 0 bridgehead atoms. The van der Waals surface area contributed by atoms with E-state index >= 15 is 0 Å². The first-order valence-corrected chi connectivity index (χ1v) is 26.6. The average molecular weight is 1240 g/mol. The summed E-state index contributed by atoms with van der Waals surface area (Å²) in [6, 6.07) is 65.9. The summed E-state index contributed by atoms with van der Waals surface area (Å²) in [6.45, 7) is 14.2. The van der Waals surface area contributed by atoms with Crippen LogP contribution in [0.15, 0.2) is 188 Å². The van der Waals surface area contributed by atoms with E-state index in [0.29, 0.717) is 56.2 Å². The van der Waals surface area contributed by atoms with Gasteiger partial charge in [-0.1, -0.05) is 148 Å². The SMILES string of the molecule is Cc1cc(-c2ccc(-c3ccccc3)cc2)cc(C)c1-n1c(-c2[c-]c(Oc3[c-]c(-c4nc5ccccc5n4-c4c(C(C)C)cc(-c5ccccc5)cc4C(C)C)ccc3)c3ncncc3c2)nc2ccc(C(C)C(F)(F)F)cc21.[Pt+2]. The van der Waals surface area contributed by atoms with Crippen molar-refractivity contribution in [3.8, 4) is 79.0 Å². The molecule has 0 saturated carbocycles. The minimum atomic E-state index is -4.45. The van der Waals surface area contributed by atoms with Crippen molar-refractivity contribution in [2.75, 3.05) is 0 Å². The molecule has 0 aliphatic carbocycles. The van der Waals surface area contributed by atoms with Crippen molar-refractivity contribution in [3.05, 3.63) is 228 Å². The molecule has 0 N–H and O–H groups in total. The van der Waals surface area contributed by atoms with Crippen LogP contribution in [0.4, 0.5) is 13.2 Å². The van der Waals surface area contributed by atoms with Crippen molar-refractivity contribution in [2.45, 2.75) is 72.4 Å². The molecule has 0 radical (unpaired) electrons. The van der Waals surface area contributed by atoms with E-state index in [2.05, 4.69) is 140 Å².